The SMILES string of the molecule is O=C(OCc1ccccc1C(F)(F)F)c1nc(-c2ccc(C(F)(F)F)cc2Cl)ccc1Cl. The second-order valence-electron chi connectivity index (χ2n) is 6.45. The van der Waals surface area contributed by atoms with Gasteiger partial charge in [-0.2, -0.15) is 26.3 Å². The third kappa shape index (κ3) is 5.34. The van der Waals surface area contributed by atoms with Gasteiger partial charge in [0.2, 0.25) is 0 Å². The van der Waals surface area contributed by atoms with Crippen LogP contribution in [0.3, 0.4) is 0 Å². The Kier molecular flexibility index (Phi) is 6.71. The Balaban J connectivity index is 1.86. The third-order valence-electron chi connectivity index (χ3n) is 4.29. The zero-order chi connectivity index (χ0) is 23.7. The molecule has 0 atom stereocenters. The second-order valence-corrected chi connectivity index (χ2v) is 7.26. The summed E-state index contributed by atoms with van der Waals surface area (Å²) in [6.45, 7) is -0.697. The maximum atomic E-state index is 13.1. The molecule has 0 aliphatic rings. The minimum Gasteiger partial charge on any atom is -0.456 e. The van der Waals surface area contributed by atoms with E-state index in [0.29, 0.717) is 6.07 Å². The van der Waals surface area contributed by atoms with Crippen molar-refractivity contribution in [2.24, 2.45) is 0 Å². The van der Waals surface area contributed by atoms with Crippen LogP contribution in [0.15, 0.2) is 54.6 Å². The molecule has 32 heavy (non-hydrogen) atoms. The van der Waals surface area contributed by atoms with Crippen molar-refractivity contribution in [2.45, 2.75) is 19.0 Å². The monoisotopic (exact) mass is 493 g/mol. The quantitative estimate of drug-likeness (QED) is 0.280. The number of benzene rings is 2. The highest BCUT2D eigenvalue weighted by atomic mass is 35.5. The van der Waals surface area contributed by atoms with Gasteiger partial charge in [-0.15, -0.1) is 0 Å². The number of aromatic nitrogens is 1. The molecule has 0 bridgehead atoms. The molecule has 3 aromatic rings. The summed E-state index contributed by atoms with van der Waals surface area (Å²) in [5, 5.41) is -0.432. The number of pyridine rings is 1. The average Bonchev–Trinajstić information content (AvgIpc) is 2.71. The standard InChI is InChI=1S/C21H11Cl2F6NO2/c22-15-7-8-17(13-6-5-12(9-16(13)23)20(24,25)26)30-18(15)19(31)32-10-11-3-1-2-4-14(11)21(27,28)29/h1-9H,10H2. The van der Waals surface area contributed by atoms with Crippen LogP contribution in [0, 0.1) is 0 Å². The number of alkyl halides is 6. The molecule has 0 spiro atoms. The minimum absolute atomic E-state index is 0.0239. The Bertz CT molecular complexity index is 1160. The molecule has 3 rings (SSSR count). The van der Waals surface area contributed by atoms with Crippen LogP contribution >= 0.6 is 23.2 Å². The third-order valence-corrected chi connectivity index (χ3v) is 4.91. The van der Waals surface area contributed by atoms with Gasteiger partial charge in [0.05, 0.1) is 26.9 Å². The van der Waals surface area contributed by atoms with Crippen molar-refractivity contribution >= 4 is 29.2 Å². The molecule has 0 unspecified atom stereocenters. The van der Waals surface area contributed by atoms with Crippen molar-refractivity contribution in [3.05, 3.63) is 87.0 Å². The van der Waals surface area contributed by atoms with Gasteiger partial charge in [-0.1, -0.05) is 47.5 Å². The number of esters is 1. The molecule has 0 radical (unpaired) electrons. The first-order valence-corrected chi connectivity index (χ1v) is 9.49. The smallest absolute Gasteiger partial charge is 0.416 e. The van der Waals surface area contributed by atoms with E-state index in [1.165, 1.54) is 24.3 Å². The summed E-state index contributed by atoms with van der Waals surface area (Å²) in [7, 11) is 0. The fraction of sp³-hybridized carbons (Fsp3) is 0.143. The predicted molar refractivity (Wildman–Crippen MR) is 105 cm³/mol. The van der Waals surface area contributed by atoms with Gasteiger partial charge in [-0.05, 0) is 30.3 Å². The van der Waals surface area contributed by atoms with E-state index >= 15 is 0 Å². The number of nitrogens with zero attached hydrogens (tertiary/aromatic N) is 1. The van der Waals surface area contributed by atoms with E-state index in [2.05, 4.69) is 4.98 Å². The van der Waals surface area contributed by atoms with Crippen molar-refractivity contribution in [2.75, 3.05) is 0 Å². The van der Waals surface area contributed by atoms with Crippen molar-refractivity contribution < 1.29 is 35.9 Å². The highest BCUT2D eigenvalue weighted by Gasteiger charge is 2.33. The molecule has 1 aromatic heterocycles. The van der Waals surface area contributed by atoms with E-state index in [0.717, 1.165) is 24.3 Å². The van der Waals surface area contributed by atoms with Gasteiger partial charge in [0.25, 0.3) is 0 Å². The van der Waals surface area contributed by atoms with Gasteiger partial charge < -0.3 is 4.74 Å². The number of rotatable bonds is 4. The molecular weight excluding hydrogens is 483 g/mol. The Labute approximate surface area is 187 Å². The number of halogens is 8. The van der Waals surface area contributed by atoms with E-state index in [9.17, 15) is 31.1 Å². The summed E-state index contributed by atoms with van der Waals surface area (Å²) >= 11 is 11.9. The molecule has 3 nitrogen and oxygen atoms in total. The molecule has 0 saturated heterocycles. The van der Waals surface area contributed by atoms with Crippen LogP contribution in [-0.2, 0) is 23.7 Å². The normalized spacial score (nSPS) is 12.0. The second kappa shape index (κ2) is 8.99. The van der Waals surface area contributed by atoms with Crippen LogP contribution < -0.4 is 0 Å². The van der Waals surface area contributed by atoms with E-state index in [4.69, 9.17) is 27.9 Å². The summed E-state index contributed by atoms with van der Waals surface area (Å²) in [4.78, 5) is 16.4. The molecule has 11 heteroatoms. The molecule has 168 valence electrons. The number of carbonyl (C=O) groups excluding carboxylic acids is 1. The fourth-order valence-electron chi connectivity index (χ4n) is 2.77. The highest BCUT2D eigenvalue weighted by molar-refractivity contribution is 6.34. The topological polar surface area (TPSA) is 39.2 Å². The van der Waals surface area contributed by atoms with Gasteiger partial charge in [-0.25, -0.2) is 9.78 Å². The highest BCUT2D eigenvalue weighted by Crippen LogP contribution is 2.36. The largest absolute Gasteiger partial charge is 0.456 e. The predicted octanol–water partition coefficient (Wildman–Crippen LogP) is 7.45. The molecular formula is C21H11Cl2F6NO2. The molecule has 2 aromatic carbocycles. The van der Waals surface area contributed by atoms with Crippen LogP contribution in [0.2, 0.25) is 10.0 Å². The minimum atomic E-state index is -4.64. The molecule has 0 aliphatic heterocycles. The summed E-state index contributed by atoms with van der Waals surface area (Å²) in [5.41, 5.74) is -2.51. The Morgan fingerprint density at radius 3 is 2.19 bits per heavy atom. The van der Waals surface area contributed by atoms with Crippen LogP contribution in [0.25, 0.3) is 11.3 Å². The van der Waals surface area contributed by atoms with Gasteiger partial charge >= 0.3 is 18.3 Å². The van der Waals surface area contributed by atoms with E-state index < -0.39 is 41.7 Å². The zero-order valence-corrected chi connectivity index (χ0v) is 17.2. The summed E-state index contributed by atoms with van der Waals surface area (Å²) in [5.74, 6) is -1.11. The first kappa shape index (κ1) is 23.9. The summed E-state index contributed by atoms with van der Waals surface area (Å²) < 4.78 is 82.7. The van der Waals surface area contributed by atoms with Crippen LogP contribution in [-0.4, -0.2) is 11.0 Å². The molecule has 0 amide bonds. The van der Waals surface area contributed by atoms with Gasteiger partial charge in [0.1, 0.15) is 6.61 Å². The lowest BCUT2D eigenvalue weighted by Gasteiger charge is -2.13. The van der Waals surface area contributed by atoms with Crippen molar-refractivity contribution in [3.8, 4) is 11.3 Å². The lowest BCUT2D eigenvalue weighted by Crippen LogP contribution is -2.13. The number of hydrogen-bond donors (Lipinski definition) is 0. The first-order chi connectivity index (χ1) is 14.9. The maximum Gasteiger partial charge on any atom is 0.416 e. The van der Waals surface area contributed by atoms with Gasteiger partial charge in [0.15, 0.2) is 5.69 Å². The summed E-state index contributed by atoms with van der Waals surface area (Å²) in [6, 6.07) is 9.72. The van der Waals surface area contributed by atoms with Crippen molar-refractivity contribution in [1.82, 2.24) is 4.98 Å². The number of carbonyl (C=O) groups is 1. The van der Waals surface area contributed by atoms with Crippen LogP contribution in [0.5, 0.6) is 0 Å². The van der Waals surface area contributed by atoms with Gasteiger partial charge in [-0.3, -0.25) is 0 Å². The van der Waals surface area contributed by atoms with E-state index in [-0.39, 0.29) is 26.9 Å². The van der Waals surface area contributed by atoms with Crippen molar-refractivity contribution in [1.29, 1.82) is 0 Å². The van der Waals surface area contributed by atoms with E-state index in [1.54, 1.807) is 0 Å². The Morgan fingerprint density at radius 1 is 0.875 bits per heavy atom. The average molecular weight is 494 g/mol. The Morgan fingerprint density at radius 2 is 1.56 bits per heavy atom. The molecule has 0 saturated carbocycles. The van der Waals surface area contributed by atoms with Crippen molar-refractivity contribution in [3.63, 3.8) is 0 Å². The molecule has 0 N–H and O–H groups in total. The lowest BCUT2D eigenvalue weighted by atomic mass is 10.1. The number of ether oxygens (including phenoxy) is 1. The molecule has 0 aliphatic carbocycles. The lowest BCUT2D eigenvalue weighted by molar-refractivity contribution is -0.139. The van der Waals surface area contributed by atoms with Crippen LogP contribution in [0.4, 0.5) is 26.3 Å². The molecule has 1 heterocycles. The summed E-state index contributed by atoms with van der Waals surface area (Å²) in [6.07, 6.45) is -9.24. The fourth-order valence-corrected chi connectivity index (χ4v) is 3.23. The zero-order valence-electron chi connectivity index (χ0n) is 15.7. The maximum absolute atomic E-state index is 13.1. The Hall–Kier alpha value is -2.78. The molecule has 0 fully saturated rings. The first-order valence-electron chi connectivity index (χ1n) is 8.74. The van der Waals surface area contributed by atoms with E-state index in [1.807, 2.05) is 0 Å². The number of hydrogen-bond acceptors (Lipinski definition) is 3. The van der Waals surface area contributed by atoms with Gasteiger partial charge in [0, 0.05) is 11.1 Å². The van der Waals surface area contributed by atoms with Crippen LogP contribution in [0.1, 0.15) is 27.2 Å².